The van der Waals surface area contributed by atoms with E-state index in [9.17, 15) is 19.5 Å². The van der Waals surface area contributed by atoms with Crippen LogP contribution in [0.15, 0.2) is 60.7 Å². The number of hydrogen-bond donors (Lipinski definition) is 2. The van der Waals surface area contributed by atoms with E-state index in [0.29, 0.717) is 17.3 Å². The number of β-amino-alcohol motifs (C(OH)–C–C–N with tert-alkyl or cyclic N) is 1. The van der Waals surface area contributed by atoms with E-state index in [-0.39, 0.29) is 34.4 Å². The lowest BCUT2D eigenvalue weighted by molar-refractivity contribution is 0.0851. The summed E-state index contributed by atoms with van der Waals surface area (Å²) in [7, 11) is 0. The maximum Gasteiger partial charge on any atom is 0.266 e. The number of imide groups is 1. The van der Waals surface area contributed by atoms with Gasteiger partial charge in [-0.2, -0.15) is 0 Å². The molecule has 0 aromatic heterocycles. The van der Waals surface area contributed by atoms with Crippen molar-refractivity contribution in [2.75, 3.05) is 49.1 Å². The van der Waals surface area contributed by atoms with Gasteiger partial charge in [0.1, 0.15) is 5.75 Å². The van der Waals surface area contributed by atoms with Gasteiger partial charge in [0.15, 0.2) is 0 Å². The zero-order valence-corrected chi connectivity index (χ0v) is 24.9. The third-order valence-electron chi connectivity index (χ3n) is 7.22. The second-order valence-electron chi connectivity index (χ2n) is 10.6. The average Bonchev–Trinajstić information content (AvgIpc) is 3.22. The van der Waals surface area contributed by atoms with Crippen LogP contribution in [0.4, 0.5) is 11.4 Å². The lowest BCUT2D eigenvalue weighted by Crippen LogP contribution is -2.50. The van der Waals surface area contributed by atoms with E-state index in [2.05, 4.69) is 21.2 Å². The molecule has 3 amide bonds. The predicted octanol–water partition coefficient (Wildman–Crippen LogP) is 4.49. The van der Waals surface area contributed by atoms with Crippen molar-refractivity contribution < 1.29 is 24.2 Å². The Morgan fingerprint density at radius 2 is 1.64 bits per heavy atom. The van der Waals surface area contributed by atoms with Gasteiger partial charge in [-0.25, -0.2) is 4.90 Å². The maximum absolute atomic E-state index is 13.1. The van der Waals surface area contributed by atoms with Gasteiger partial charge < -0.3 is 20.1 Å². The van der Waals surface area contributed by atoms with Crippen molar-refractivity contribution >= 4 is 52.3 Å². The van der Waals surface area contributed by atoms with E-state index >= 15 is 0 Å². The van der Waals surface area contributed by atoms with Gasteiger partial charge in [-0.3, -0.25) is 19.3 Å². The standard InChI is InChI=1S/C31H32Cl2N4O5/c1-19(2)42-28-6-4-3-5-27(28)36-13-11-35(12-14-36)18-22(38)17-34-29(39)20-7-9-23-24(15-20)31(41)37(30(23)40)21-8-10-25(32)26(33)16-21/h3-10,15-16,19,22,38H,11-14,17-18H2,1-2H3,(H,34,39). The monoisotopic (exact) mass is 610 g/mol. The number of para-hydroxylation sites is 2. The molecule has 3 aromatic carbocycles. The summed E-state index contributed by atoms with van der Waals surface area (Å²) in [6.45, 7) is 7.57. The molecule has 0 bridgehead atoms. The van der Waals surface area contributed by atoms with Gasteiger partial charge in [-0.15, -0.1) is 0 Å². The number of nitrogens with zero attached hydrogens (tertiary/aromatic N) is 3. The summed E-state index contributed by atoms with van der Waals surface area (Å²) in [4.78, 5) is 44.3. The Hall–Kier alpha value is -3.63. The van der Waals surface area contributed by atoms with E-state index in [1.165, 1.54) is 36.4 Å². The third kappa shape index (κ3) is 6.39. The number of hydrogen-bond acceptors (Lipinski definition) is 7. The summed E-state index contributed by atoms with van der Waals surface area (Å²) in [5.41, 5.74) is 1.89. The Morgan fingerprint density at radius 1 is 0.929 bits per heavy atom. The van der Waals surface area contributed by atoms with Crippen LogP contribution in [0, 0.1) is 0 Å². The predicted molar refractivity (Wildman–Crippen MR) is 163 cm³/mol. The highest BCUT2D eigenvalue weighted by Gasteiger charge is 2.37. The van der Waals surface area contributed by atoms with Gasteiger partial charge in [0.25, 0.3) is 17.7 Å². The number of piperazine rings is 1. The van der Waals surface area contributed by atoms with E-state index in [1.54, 1.807) is 0 Å². The van der Waals surface area contributed by atoms with Crippen LogP contribution in [0.1, 0.15) is 44.9 Å². The lowest BCUT2D eigenvalue weighted by atomic mass is 10.1. The van der Waals surface area contributed by atoms with Crippen molar-refractivity contribution in [2.24, 2.45) is 0 Å². The number of fused-ring (bicyclic) bond motifs is 1. The molecular formula is C31H32Cl2N4O5. The molecule has 1 saturated heterocycles. The Labute approximate surface area is 254 Å². The first-order chi connectivity index (χ1) is 20.1. The maximum atomic E-state index is 13.1. The molecule has 2 heterocycles. The fourth-order valence-electron chi connectivity index (χ4n) is 5.16. The number of halogens is 2. The van der Waals surface area contributed by atoms with Gasteiger partial charge in [0.2, 0.25) is 0 Å². The molecule has 3 aromatic rings. The number of aliphatic hydroxyl groups excluding tert-OH is 1. The second kappa shape index (κ2) is 12.7. The zero-order valence-electron chi connectivity index (χ0n) is 23.3. The van der Waals surface area contributed by atoms with Crippen LogP contribution in [-0.2, 0) is 0 Å². The van der Waals surface area contributed by atoms with Gasteiger partial charge in [-0.05, 0) is 62.4 Å². The SMILES string of the molecule is CC(C)Oc1ccccc1N1CCN(CC(O)CNC(=O)c2ccc3c(c2)C(=O)N(c2ccc(Cl)c(Cl)c2)C3=O)CC1. The first-order valence-electron chi connectivity index (χ1n) is 13.8. The Bertz CT molecular complexity index is 1510. The van der Waals surface area contributed by atoms with Crippen molar-refractivity contribution in [1.29, 1.82) is 0 Å². The van der Waals surface area contributed by atoms with Crippen LogP contribution in [0.25, 0.3) is 0 Å². The van der Waals surface area contributed by atoms with Crippen molar-refractivity contribution in [3.8, 4) is 5.75 Å². The Balaban J connectivity index is 1.14. The first-order valence-corrected chi connectivity index (χ1v) is 14.5. The highest BCUT2D eigenvalue weighted by Crippen LogP contribution is 2.33. The number of ether oxygens (including phenoxy) is 1. The molecule has 1 unspecified atom stereocenters. The van der Waals surface area contributed by atoms with Crippen LogP contribution in [0.3, 0.4) is 0 Å². The summed E-state index contributed by atoms with van der Waals surface area (Å²) in [5, 5.41) is 13.9. The van der Waals surface area contributed by atoms with Crippen molar-refractivity contribution in [3.63, 3.8) is 0 Å². The van der Waals surface area contributed by atoms with E-state index in [1.807, 2.05) is 32.0 Å². The normalized spacial score (nSPS) is 16.1. The lowest BCUT2D eigenvalue weighted by Gasteiger charge is -2.37. The molecule has 220 valence electrons. The van der Waals surface area contributed by atoms with Crippen LogP contribution in [0.2, 0.25) is 10.0 Å². The topological polar surface area (TPSA) is 102 Å². The molecule has 2 aliphatic heterocycles. The molecule has 5 rings (SSSR count). The van der Waals surface area contributed by atoms with Crippen molar-refractivity contribution in [2.45, 2.75) is 26.1 Å². The molecular weight excluding hydrogens is 579 g/mol. The zero-order chi connectivity index (χ0) is 30.0. The molecule has 42 heavy (non-hydrogen) atoms. The fourth-order valence-corrected chi connectivity index (χ4v) is 5.45. The molecule has 1 fully saturated rings. The first kappa shape index (κ1) is 29.8. The van der Waals surface area contributed by atoms with E-state index < -0.39 is 23.8 Å². The van der Waals surface area contributed by atoms with Gasteiger partial charge >= 0.3 is 0 Å². The summed E-state index contributed by atoms with van der Waals surface area (Å²) in [6.07, 6.45) is -0.693. The number of benzene rings is 3. The number of carbonyl (C=O) groups is 3. The Morgan fingerprint density at radius 3 is 2.36 bits per heavy atom. The molecule has 0 aliphatic carbocycles. The minimum absolute atomic E-state index is 0.0451. The van der Waals surface area contributed by atoms with Crippen LogP contribution >= 0.6 is 23.2 Å². The highest BCUT2D eigenvalue weighted by molar-refractivity contribution is 6.42. The fraction of sp³-hybridized carbons (Fsp3) is 0.323. The second-order valence-corrected chi connectivity index (χ2v) is 11.4. The molecule has 11 heteroatoms. The number of carbonyl (C=O) groups excluding carboxylic acids is 3. The number of rotatable bonds is 9. The number of nitrogens with one attached hydrogen (secondary N) is 1. The van der Waals surface area contributed by atoms with Gasteiger partial charge in [0, 0.05) is 44.8 Å². The smallest absolute Gasteiger partial charge is 0.266 e. The number of anilines is 2. The summed E-state index contributed by atoms with van der Waals surface area (Å²) in [6, 6.07) is 16.8. The molecule has 9 nitrogen and oxygen atoms in total. The summed E-state index contributed by atoms with van der Waals surface area (Å²) >= 11 is 12.0. The largest absolute Gasteiger partial charge is 0.489 e. The summed E-state index contributed by atoms with van der Waals surface area (Å²) in [5.74, 6) is -0.646. The van der Waals surface area contributed by atoms with Crippen LogP contribution in [0.5, 0.6) is 5.75 Å². The quantitative estimate of drug-likeness (QED) is 0.344. The van der Waals surface area contributed by atoms with Crippen LogP contribution < -0.4 is 19.9 Å². The molecule has 2 aliphatic rings. The van der Waals surface area contributed by atoms with Crippen LogP contribution in [-0.4, -0.2) is 79.2 Å². The molecule has 2 N–H and O–H groups in total. The Kier molecular flexibility index (Phi) is 9.03. The van der Waals surface area contributed by atoms with Crippen molar-refractivity contribution in [1.82, 2.24) is 10.2 Å². The number of aliphatic hydroxyl groups is 1. The third-order valence-corrected chi connectivity index (χ3v) is 7.96. The number of amides is 3. The highest BCUT2D eigenvalue weighted by atomic mass is 35.5. The minimum Gasteiger partial charge on any atom is -0.489 e. The summed E-state index contributed by atoms with van der Waals surface area (Å²) < 4.78 is 5.97. The average molecular weight is 612 g/mol. The van der Waals surface area contributed by atoms with E-state index in [0.717, 1.165) is 42.5 Å². The molecule has 0 spiro atoms. The molecule has 0 saturated carbocycles. The molecule has 0 radical (unpaired) electrons. The van der Waals surface area contributed by atoms with Gasteiger partial charge in [0.05, 0.1) is 44.8 Å². The van der Waals surface area contributed by atoms with E-state index in [4.69, 9.17) is 27.9 Å². The van der Waals surface area contributed by atoms with Crippen molar-refractivity contribution in [3.05, 3.63) is 87.4 Å². The van der Waals surface area contributed by atoms with Gasteiger partial charge in [-0.1, -0.05) is 35.3 Å². The molecule has 1 atom stereocenters. The minimum atomic E-state index is -0.778.